The van der Waals surface area contributed by atoms with Gasteiger partial charge in [0.25, 0.3) is 5.92 Å². The Bertz CT molecular complexity index is 634. The van der Waals surface area contributed by atoms with Crippen molar-refractivity contribution < 1.29 is 13.6 Å². The van der Waals surface area contributed by atoms with Crippen LogP contribution in [0, 0.1) is 5.92 Å². The van der Waals surface area contributed by atoms with Crippen LogP contribution >= 0.6 is 0 Å². The van der Waals surface area contributed by atoms with E-state index in [1.54, 1.807) is 11.1 Å². The van der Waals surface area contributed by atoms with Crippen molar-refractivity contribution in [2.45, 2.75) is 51.4 Å². The van der Waals surface area contributed by atoms with Gasteiger partial charge in [-0.3, -0.25) is 4.79 Å². The maximum Gasteiger partial charge on any atom is 0.251 e. The number of alkyl halides is 2. The standard InChI is InChI=1S/C18H26F2N4O/c1-17(2,3)16-21-8-4-14(22-16)24-9-5-13(12-24)15(25)23-10-6-18(19,20)7-11-23/h4,8,13H,5-7,9-12H2,1-3H3. The largest absolute Gasteiger partial charge is 0.356 e. The highest BCUT2D eigenvalue weighted by atomic mass is 19.3. The number of halogens is 2. The molecule has 2 fully saturated rings. The first kappa shape index (κ1) is 18.0. The van der Waals surface area contributed by atoms with Gasteiger partial charge in [0, 0.05) is 50.6 Å². The maximum atomic E-state index is 13.3. The Morgan fingerprint density at radius 1 is 1.24 bits per heavy atom. The minimum Gasteiger partial charge on any atom is -0.356 e. The number of carbonyl (C=O) groups excluding carboxylic acids is 1. The summed E-state index contributed by atoms with van der Waals surface area (Å²) in [5.74, 6) is -1.15. The van der Waals surface area contributed by atoms with Crippen molar-refractivity contribution in [2.75, 3.05) is 31.1 Å². The molecule has 1 unspecified atom stereocenters. The zero-order valence-corrected chi connectivity index (χ0v) is 15.1. The highest BCUT2D eigenvalue weighted by Crippen LogP contribution is 2.30. The molecule has 25 heavy (non-hydrogen) atoms. The van der Waals surface area contributed by atoms with Gasteiger partial charge in [-0.05, 0) is 12.5 Å². The Kier molecular flexibility index (Phi) is 4.68. The Hall–Kier alpha value is -1.79. The second-order valence-electron chi connectivity index (χ2n) is 8.10. The van der Waals surface area contributed by atoms with E-state index in [2.05, 4.69) is 35.6 Å². The van der Waals surface area contributed by atoms with Crippen LogP contribution in [0.4, 0.5) is 14.6 Å². The number of likely N-dealkylation sites (tertiary alicyclic amines) is 1. The van der Waals surface area contributed by atoms with Gasteiger partial charge in [0.05, 0.1) is 5.92 Å². The van der Waals surface area contributed by atoms with E-state index in [9.17, 15) is 13.6 Å². The SMILES string of the molecule is CC(C)(C)c1nccc(N2CCC(C(=O)N3CCC(F)(F)CC3)C2)n1. The van der Waals surface area contributed by atoms with Crippen LogP contribution in [-0.4, -0.2) is 52.9 Å². The minimum atomic E-state index is -2.62. The second kappa shape index (κ2) is 6.50. The molecule has 7 heteroatoms. The maximum absolute atomic E-state index is 13.3. The molecule has 0 aromatic carbocycles. The minimum absolute atomic E-state index is 0.00287. The van der Waals surface area contributed by atoms with E-state index in [0.29, 0.717) is 6.54 Å². The molecular formula is C18H26F2N4O. The fourth-order valence-electron chi connectivity index (χ4n) is 3.37. The molecule has 5 nitrogen and oxygen atoms in total. The second-order valence-corrected chi connectivity index (χ2v) is 8.10. The number of hydrogen-bond donors (Lipinski definition) is 0. The number of piperidine rings is 1. The van der Waals surface area contributed by atoms with Crippen molar-refractivity contribution in [3.63, 3.8) is 0 Å². The molecular weight excluding hydrogens is 326 g/mol. The molecule has 0 spiro atoms. The molecule has 1 amide bonds. The third-order valence-corrected chi connectivity index (χ3v) is 4.98. The molecule has 2 saturated heterocycles. The zero-order valence-electron chi connectivity index (χ0n) is 15.1. The Morgan fingerprint density at radius 3 is 2.56 bits per heavy atom. The molecule has 2 aliphatic heterocycles. The van der Waals surface area contributed by atoms with Gasteiger partial charge in [-0.1, -0.05) is 20.8 Å². The average molecular weight is 352 g/mol. The molecule has 138 valence electrons. The van der Waals surface area contributed by atoms with Gasteiger partial charge in [0.15, 0.2) is 0 Å². The first-order chi connectivity index (χ1) is 11.7. The number of anilines is 1. The van der Waals surface area contributed by atoms with Crippen LogP contribution in [0.3, 0.4) is 0 Å². The lowest BCUT2D eigenvalue weighted by atomic mass is 9.96. The molecule has 0 radical (unpaired) electrons. The molecule has 1 aromatic rings. The molecule has 1 atom stereocenters. The van der Waals surface area contributed by atoms with Crippen LogP contribution in [0.5, 0.6) is 0 Å². The van der Waals surface area contributed by atoms with Crippen molar-refractivity contribution in [1.29, 1.82) is 0 Å². The third kappa shape index (κ3) is 4.07. The fraction of sp³-hybridized carbons (Fsp3) is 0.722. The highest BCUT2D eigenvalue weighted by Gasteiger charge is 2.39. The van der Waals surface area contributed by atoms with Crippen molar-refractivity contribution in [3.8, 4) is 0 Å². The summed E-state index contributed by atoms with van der Waals surface area (Å²) < 4.78 is 26.6. The Labute approximate surface area is 147 Å². The van der Waals surface area contributed by atoms with E-state index in [0.717, 1.165) is 24.6 Å². The molecule has 0 bridgehead atoms. The van der Waals surface area contributed by atoms with Gasteiger partial charge in [-0.25, -0.2) is 18.7 Å². The summed E-state index contributed by atoms with van der Waals surface area (Å²) in [5.41, 5.74) is -0.135. The topological polar surface area (TPSA) is 49.3 Å². The lowest BCUT2D eigenvalue weighted by Gasteiger charge is -2.33. The van der Waals surface area contributed by atoms with Crippen molar-refractivity contribution in [2.24, 2.45) is 5.92 Å². The van der Waals surface area contributed by atoms with E-state index in [1.807, 2.05) is 6.07 Å². The van der Waals surface area contributed by atoms with Gasteiger partial charge < -0.3 is 9.80 Å². The van der Waals surface area contributed by atoms with Gasteiger partial charge in [0.2, 0.25) is 5.91 Å². The molecule has 0 aliphatic carbocycles. The number of hydrogen-bond acceptors (Lipinski definition) is 4. The van der Waals surface area contributed by atoms with E-state index >= 15 is 0 Å². The average Bonchev–Trinajstić information content (AvgIpc) is 3.03. The summed E-state index contributed by atoms with van der Waals surface area (Å²) in [6.45, 7) is 7.85. The van der Waals surface area contributed by atoms with Crippen LogP contribution in [0.25, 0.3) is 0 Å². The van der Waals surface area contributed by atoms with E-state index in [-0.39, 0.29) is 43.2 Å². The fourth-order valence-corrected chi connectivity index (χ4v) is 3.37. The van der Waals surface area contributed by atoms with E-state index in [1.165, 1.54) is 0 Å². The van der Waals surface area contributed by atoms with Gasteiger partial charge in [-0.2, -0.15) is 0 Å². The highest BCUT2D eigenvalue weighted by molar-refractivity contribution is 5.80. The number of aromatic nitrogens is 2. The summed E-state index contributed by atoms with van der Waals surface area (Å²) >= 11 is 0. The molecule has 2 aliphatic rings. The summed E-state index contributed by atoms with van der Waals surface area (Å²) in [6.07, 6.45) is 2.04. The van der Waals surface area contributed by atoms with E-state index in [4.69, 9.17) is 0 Å². The van der Waals surface area contributed by atoms with E-state index < -0.39 is 5.92 Å². The van der Waals surface area contributed by atoms with Crippen LogP contribution in [-0.2, 0) is 10.2 Å². The number of carbonyl (C=O) groups is 1. The Balaban J connectivity index is 1.63. The number of amides is 1. The summed E-state index contributed by atoms with van der Waals surface area (Å²) in [4.78, 5) is 25.3. The smallest absolute Gasteiger partial charge is 0.251 e. The van der Waals surface area contributed by atoms with Gasteiger partial charge in [-0.15, -0.1) is 0 Å². The van der Waals surface area contributed by atoms with Crippen LogP contribution in [0.15, 0.2) is 12.3 Å². The quantitative estimate of drug-likeness (QED) is 0.821. The predicted octanol–water partition coefficient (Wildman–Crippen LogP) is 2.86. The third-order valence-electron chi connectivity index (χ3n) is 4.98. The normalized spacial score (nSPS) is 23.8. The molecule has 0 saturated carbocycles. The van der Waals surface area contributed by atoms with Crippen molar-refractivity contribution >= 4 is 11.7 Å². The monoisotopic (exact) mass is 352 g/mol. The molecule has 0 N–H and O–H groups in total. The number of nitrogens with zero attached hydrogens (tertiary/aromatic N) is 4. The predicted molar refractivity (Wildman–Crippen MR) is 91.8 cm³/mol. The molecule has 3 heterocycles. The van der Waals surface area contributed by atoms with Crippen LogP contribution < -0.4 is 4.90 Å². The first-order valence-electron chi connectivity index (χ1n) is 8.91. The Morgan fingerprint density at radius 2 is 1.92 bits per heavy atom. The van der Waals surface area contributed by atoms with Crippen LogP contribution in [0.2, 0.25) is 0 Å². The first-order valence-corrected chi connectivity index (χ1v) is 8.91. The summed E-state index contributed by atoms with van der Waals surface area (Å²) in [5, 5.41) is 0. The van der Waals surface area contributed by atoms with Crippen LogP contribution in [0.1, 0.15) is 45.9 Å². The van der Waals surface area contributed by atoms with Crippen molar-refractivity contribution in [1.82, 2.24) is 14.9 Å². The van der Waals surface area contributed by atoms with Crippen molar-refractivity contribution in [3.05, 3.63) is 18.1 Å². The molecule has 1 aromatic heterocycles. The van der Waals surface area contributed by atoms with Gasteiger partial charge in [0.1, 0.15) is 11.6 Å². The lowest BCUT2D eigenvalue weighted by molar-refractivity contribution is -0.140. The number of rotatable bonds is 2. The summed E-state index contributed by atoms with van der Waals surface area (Å²) in [6, 6.07) is 1.86. The zero-order chi connectivity index (χ0) is 18.2. The lowest BCUT2D eigenvalue weighted by Crippen LogP contribution is -2.45. The summed E-state index contributed by atoms with van der Waals surface area (Å²) in [7, 11) is 0. The molecule has 3 rings (SSSR count). The van der Waals surface area contributed by atoms with Gasteiger partial charge >= 0.3 is 0 Å².